The van der Waals surface area contributed by atoms with Crippen LogP contribution >= 0.6 is 15.9 Å². The molecular weight excluding hydrogens is 294 g/mol. The SMILES string of the molecule is COCC(C)C1CN=C(N)N1c1ccccc1Br. The highest BCUT2D eigenvalue weighted by Crippen LogP contribution is 2.31. The number of hydrogen-bond acceptors (Lipinski definition) is 4. The van der Waals surface area contributed by atoms with E-state index in [2.05, 4.69) is 32.7 Å². The number of nitrogens with zero attached hydrogens (tertiary/aromatic N) is 2. The Morgan fingerprint density at radius 2 is 2.28 bits per heavy atom. The van der Waals surface area contributed by atoms with E-state index in [1.54, 1.807) is 7.11 Å². The number of benzene rings is 1. The van der Waals surface area contributed by atoms with Crippen LogP contribution in [0.1, 0.15) is 6.92 Å². The summed E-state index contributed by atoms with van der Waals surface area (Å²) in [6.45, 7) is 3.58. The molecule has 0 saturated heterocycles. The Kier molecular flexibility index (Phi) is 4.24. The molecule has 0 spiro atoms. The van der Waals surface area contributed by atoms with Gasteiger partial charge >= 0.3 is 0 Å². The predicted octanol–water partition coefficient (Wildman–Crippen LogP) is 2.23. The summed E-state index contributed by atoms with van der Waals surface area (Å²) < 4.78 is 6.26. The summed E-state index contributed by atoms with van der Waals surface area (Å²) >= 11 is 3.57. The maximum absolute atomic E-state index is 6.02. The molecule has 2 atom stereocenters. The van der Waals surface area contributed by atoms with Gasteiger partial charge < -0.3 is 15.4 Å². The standard InChI is InChI=1S/C13H18BrN3O/c1-9(8-18-2)12-7-16-13(15)17(12)11-6-4-3-5-10(11)14/h3-6,9,12H,7-8H2,1-2H3,(H2,15,16). The van der Waals surface area contributed by atoms with Crippen LogP contribution < -0.4 is 10.6 Å². The van der Waals surface area contributed by atoms with Crippen LogP contribution in [0.25, 0.3) is 0 Å². The molecule has 0 aliphatic carbocycles. The van der Waals surface area contributed by atoms with Gasteiger partial charge in [0.1, 0.15) is 0 Å². The van der Waals surface area contributed by atoms with E-state index < -0.39 is 0 Å². The molecule has 0 radical (unpaired) electrons. The van der Waals surface area contributed by atoms with Gasteiger partial charge in [-0.2, -0.15) is 0 Å². The van der Waals surface area contributed by atoms with Crippen molar-refractivity contribution in [2.24, 2.45) is 16.6 Å². The Labute approximate surface area is 116 Å². The van der Waals surface area contributed by atoms with E-state index in [0.717, 1.165) is 16.7 Å². The second kappa shape index (κ2) is 5.71. The monoisotopic (exact) mass is 311 g/mol. The maximum Gasteiger partial charge on any atom is 0.196 e. The van der Waals surface area contributed by atoms with E-state index in [-0.39, 0.29) is 6.04 Å². The average molecular weight is 312 g/mol. The lowest BCUT2D eigenvalue weighted by atomic mass is 10.0. The molecule has 0 bridgehead atoms. The average Bonchev–Trinajstić information content (AvgIpc) is 2.72. The van der Waals surface area contributed by atoms with Crippen molar-refractivity contribution in [3.63, 3.8) is 0 Å². The van der Waals surface area contributed by atoms with Crippen LogP contribution in [-0.4, -0.2) is 32.3 Å². The fraction of sp³-hybridized carbons (Fsp3) is 0.462. The number of ether oxygens (including phenoxy) is 1. The van der Waals surface area contributed by atoms with Crippen LogP contribution in [0, 0.1) is 5.92 Å². The van der Waals surface area contributed by atoms with Crippen molar-refractivity contribution in [1.29, 1.82) is 0 Å². The highest BCUT2D eigenvalue weighted by Gasteiger charge is 2.32. The maximum atomic E-state index is 6.02. The number of halogens is 1. The highest BCUT2D eigenvalue weighted by molar-refractivity contribution is 9.10. The van der Waals surface area contributed by atoms with Crippen molar-refractivity contribution in [3.8, 4) is 0 Å². The summed E-state index contributed by atoms with van der Waals surface area (Å²) in [6.07, 6.45) is 0. The largest absolute Gasteiger partial charge is 0.384 e. The minimum atomic E-state index is 0.253. The molecule has 0 fully saturated rings. The Hall–Kier alpha value is -1.07. The number of methoxy groups -OCH3 is 1. The summed E-state index contributed by atoms with van der Waals surface area (Å²) in [6, 6.07) is 8.31. The molecule has 1 aliphatic heterocycles. The highest BCUT2D eigenvalue weighted by atomic mass is 79.9. The molecule has 0 aromatic heterocycles. The molecule has 1 aromatic carbocycles. The summed E-state index contributed by atoms with van der Waals surface area (Å²) in [5.74, 6) is 0.946. The van der Waals surface area contributed by atoms with Gasteiger partial charge in [-0.1, -0.05) is 19.1 Å². The Morgan fingerprint density at radius 3 is 2.94 bits per heavy atom. The minimum absolute atomic E-state index is 0.253. The lowest BCUT2D eigenvalue weighted by Crippen LogP contribution is -2.45. The van der Waals surface area contributed by atoms with Gasteiger partial charge in [0.2, 0.25) is 0 Å². The lowest BCUT2D eigenvalue weighted by Gasteiger charge is -2.31. The first-order chi connectivity index (χ1) is 8.65. The summed E-state index contributed by atoms with van der Waals surface area (Å²) in [7, 11) is 1.72. The molecule has 18 heavy (non-hydrogen) atoms. The van der Waals surface area contributed by atoms with E-state index in [0.29, 0.717) is 18.5 Å². The minimum Gasteiger partial charge on any atom is -0.384 e. The van der Waals surface area contributed by atoms with Crippen molar-refractivity contribution in [2.45, 2.75) is 13.0 Å². The van der Waals surface area contributed by atoms with E-state index in [9.17, 15) is 0 Å². The number of guanidine groups is 1. The molecule has 1 aromatic rings. The van der Waals surface area contributed by atoms with Crippen LogP contribution in [0.4, 0.5) is 5.69 Å². The predicted molar refractivity (Wildman–Crippen MR) is 77.9 cm³/mol. The van der Waals surface area contributed by atoms with E-state index in [1.807, 2.05) is 24.3 Å². The number of hydrogen-bond donors (Lipinski definition) is 1. The molecule has 4 nitrogen and oxygen atoms in total. The molecule has 5 heteroatoms. The van der Waals surface area contributed by atoms with E-state index in [1.165, 1.54) is 0 Å². The molecule has 1 heterocycles. The van der Waals surface area contributed by atoms with Crippen LogP contribution in [-0.2, 0) is 4.74 Å². The summed E-state index contributed by atoms with van der Waals surface area (Å²) in [5, 5.41) is 0. The van der Waals surface area contributed by atoms with Crippen molar-refractivity contribution >= 4 is 27.6 Å². The summed E-state index contributed by atoms with van der Waals surface area (Å²) in [5.41, 5.74) is 7.08. The topological polar surface area (TPSA) is 50.9 Å². The molecule has 2 N–H and O–H groups in total. The molecule has 0 amide bonds. The number of para-hydroxylation sites is 1. The Balaban J connectivity index is 2.28. The summed E-state index contributed by atoms with van der Waals surface area (Å²) in [4.78, 5) is 6.45. The fourth-order valence-corrected chi connectivity index (χ4v) is 2.75. The van der Waals surface area contributed by atoms with Crippen LogP contribution in [0.15, 0.2) is 33.7 Å². The van der Waals surface area contributed by atoms with Gasteiger partial charge in [-0.05, 0) is 28.1 Å². The molecule has 98 valence electrons. The smallest absolute Gasteiger partial charge is 0.196 e. The third-order valence-electron chi connectivity index (χ3n) is 3.22. The number of nitrogens with two attached hydrogens (primary N) is 1. The van der Waals surface area contributed by atoms with E-state index >= 15 is 0 Å². The molecule has 2 unspecified atom stereocenters. The molecular formula is C13H18BrN3O. The van der Waals surface area contributed by atoms with Crippen molar-refractivity contribution < 1.29 is 4.74 Å². The third kappa shape index (κ3) is 2.52. The fourth-order valence-electron chi connectivity index (χ4n) is 2.27. The van der Waals surface area contributed by atoms with Crippen LogP contribution in [0.3, 0.4) is 0 Å². The van der Waals surface area contributed by atoms with Gasteiger partial charge in [0.25, 0.3) is 0 Å². The number of anilines is 1. The lowest BCUT2D eigenvalue weighted by molar-refractivity contribution is 0.150. The number of aliphatic imine (C=N–C) groups is 1. The normalized spacial score (nSPS) is 20.9. The van der Waals surface area contributed by atoms with Gasteiger partial charge in [0, 0.05) is 17.5 Å². The van der Waals surface area contributed by atoms with Gasteiger partial charge in [0.05, 0.1) is 24.9 Å². The Bertz CT molecular complexity index is 450. The quantitative estimate of drug-likeness (QED) is 0.927. The molecule has 0 saturated carbocycles. The van der Waals surface area contributed by atoms with Crippen molar-refractivity contribution in [2.75, 3.05) is 25.2 Å². The van der Waals surface area contributed by atoms with Gasteiger partial charge in [0.15, 0.2) is 5.96 Å². The first kappa shape index (κ1) is 13.4. The van der Waals surface area contributed by atoms with Crippen LogP contribution in [0.2, 0.25) is 0 Å². The zero-order valence-corrected chi connectivity index (χ0v) is 12.2. The van der Waals surface area contributed by atoms with Crippen LogP contribution in [0.5, 0.6) is 0 Å². The van der Waals surface area contributed by atoms with Gasteiger partial charge in [-0.15, -0.1) is 0 Å². The first-order valence-corrected chi connectivity index (χ1v) is 6.77. The van der Waals surface area contributed by atoms with Crippen molar-refractivity contribution in [3.05, 3.63) is 28.7 Å². The second-order valence-electron chi connectivity index (χ2n) is 4.52. The van der Waals surface area contributed by atoms with E-state index in [4.69, 9.17) is 10.5 Å². The third-order valence-corrected chi connectivity index (χ3v) is 3.89. The first-order valence-electron chi connectivity index (χ1n) is 5.97. The zero-order chi connectivity index (χ0) is 13.1. The zero-order valence-electron chi connectivity index (χ0n) is 10.6. The second-order valence-corrected chi connectivity index (χ2v) is 5.37. The number of rotatable bonds is 4. The Morgan fingerprint density at radius 1 is 1.56 bits per heavy atom. The van der Waals surface area contributed by atoms with Crippen molar-refractivity contribution in [1.82, 2.24) is 0 Å². The van der Waals surface area contributed by atoms with Gasteiger partial charge in [-0.25, -0.2) is 0 Å². The molecule has 1 aliphatic rings. The van der Waals surface area contributed by atoms with Gasteiger partial charge in [-0.3, -0.25) is 4.99 Å². The molecule has 2 rings (SSSR count).